The SMILES string of the molecule is Cc1ccc(/C=C2/CCc3c2nc2ccccc2c3C(=O)OCC(=O)Nc2ccccc2C(=O)NCc2ccc(C)cc2)cc1. The zero-order valence-electron chi connectivity index (χ0n) is 25.2. The maximum Gasteiger partial charge on any atom is 0.339 e. The first-order valence-electron chi connectivity index (χ1n) is 14.9. The van der Waals surface area contributed by atoms with Crippen molar-refractivity contribution in [3.05, 3.63) is 142 Å². The largest absolute Gasteiger partial charge is 0.452 e. The van der Waals surface area contributed by atoms with E-state index in [-0.39, 0.29) is 5.91 Å². The Balaban J connectivity index is 1.17. The van der Waals surface area contributed by atoms with Gasteiger partial charge in [-0.3, -0.25) is 9.59 Å². The van der Waals surface area contributed by atoms with Crippen LogP contribution in [0.15, 0.2) is 97.1 Å². The lowest BCUT2D eigenvalue weighted by Gasteiger charge is -2.14. The first kappa shape index (κ1) is 29.5. The number of carbonyl (C=O) groups excluding carboxylic acids is 3. The number of carbonyl (C=O) groups is 3. The molecule has 0 spiro atoms. The number of pyridine rings is 1. The van der Waals surface area contributed by atoms with Crippen molar-refractivity contribution in [2.45, 2.75) is 33.2 Å². The molecule has 0 bridgehead atoms. The Bertz CT molecular complexity index is 1940. The van der Waals surface area contributed by atoms with Crippen molar-refractivity contribution < 1.29 is 19.1 Å². The number of anilines is 1. The Hall–Kier alpha value is -5.56. The van der Waals surface area contributed by atoms with Crippen LogP contribution < -0.4 is 10.6 Å². The molecule has 7 heteroatoms. The van der Waals surface area contributed by atoms with Crippen molar-refractivity contribution in [1.82, 2.24) is 10.3 Å². The molecule has 0 saturated carbocycles. The summed E-state index contributed by atoms with van der Waals surface area (Å²) in [5.41, 5.74) is 8.82. The van der Waals surface area contributed by atoms with E-state index in [0.717, 1.165) is 39.9 Å². The van der Waals surface area contributed by atoms with Gasteiger partial charge in [-0.1, -0.05) is 90.0 Å². The van der Waals surface area contributed by atoms with Gasteiger partial charge in [-0.25, -0.2) is 9.78 Å². The van der Waals surface area contributed by atoms with Gasteiger partial charge >= 0.3 is 5.97 Å². The number of nitrogens with one attached hydrogen (secondary N) is 2. The standard InChI is InChI=1S/C38H33N3O4/c1-24-11-15-26(16-12-24)21-28-19-20-31-35(29-7-3-5-9-32(29)41-36(28)31)38(44)45-23-34(42)40-33-10-6-4-8-30(33)37(43)39-22-27-17-13-25(2)14-18-27/h3-18,21H,19-20,22-23H2,1-2H3,(H,39,43)(H,40,42)/b28-21-. The number of nitrogens with zero attached hydrogens (tertiary/aromatic N) is 1. The average molecular weight is 596 g/mol. The molecule has 7 nitrogen and oxygen atoms in total. The monoisotopic (exact) mass is 595 g/mol. The van der Waals surface area contributed by atoms with Crippen molar-refractivity contribution in [2.75, 3.05) is 11.9 Å². The van der Waals surface area contributed by atoms with Crippen LogP contribution in [0.4, 0.5) is 5.69 Å². The van der Waals surface area contributed by atoms with Crippen LogP contribution in [0.25, 0.3) is 22.6 Å². The fraction of sp³-hybridized carbons (Fsp3) is 0.158. The van der Waals surface area contributed by atoms with E-state index in [0.29, 0.717) is 40.7 Å². The van der Waals surface area contributed by atoms with Gasteiger partial charge in [-0.15, -0.1) is 0 Å². The topological polar surface area (TPSA) is 97.4 Å². The van der Waals surface area contributed by atoms with Gasteiger partial charge in [-0.2, -0.15) is 0 Å². The van der Waals surface area contributed by atoms with Crippen molar-refractivity contribution >= 4 is 46.0 Å². The quantitative estimate of drug-likeness (QED) is 0.187. The third-order valence-corrected chi connectivity index (χ3v) is 7.92. The van der Waals surface area contributed by atoms with Gasteiger partial charge in [0.2, 0.25) is 0 Å². The molecule has 1 aliphatic carbocycles. The van der Waals surface area contributed by atoms with E-state index in [1.54, 1.807) is 24.3 Å². The van der Waals surface area contributed by atoms with Crippen molar-refractivity contribution in [3.8, 4) is 0 Å². The Morgan fingerprint density at radius 2 is 1.51 bits per heavy atom. The van der Waals surface area contributed by atoms with E-state index >= 15 is 0 Å². The van der Waals surface area contributed by atoms with Crippen LogP contribution in [0, 0.1) is 13.8 Å². The summed E-state index contributed by atoms with van der Waals surface area (Å²) in [6, 6.07) is 30.4. The van der Waals surface area contributed by atoms with E-state index < -0.39 is 18.5 Å². The molecule has 0 aliphatic heterocycles. The Kier molecular flexibility index (Phi) is 8.51. The fourth-order valence-electron chi connectivity index (χ4n) is 5.54. The lowest BCUT2D eigenvalue weighted by atomic mass is 10.0. The van der Waals surface area contributed by atoms with Crippen LogP contribution in [0.2, 0.25) is 0 Å². The van der Waals surface area contributed by atoms with Gasteiger partial charge < -0.3 is 15.4 Å². The number of allylic oxidation sites excluding steroid dienone is 1. The maximum absolute atomic E-state index is 13.6. The first-order valence-corrected chi connectivity index (χ1v) is 14.9. The third kappa shape index (κ3) is 6.68. The second-order valence-electron chi connectivity index (χ2n) is 11.2. The van der Waals surface area contributed by atoms with Crippen molar-refractivity contribution in [2.24, 2.45) is 0 Å². The average Bonchev–Trinajstić information content (AvgIpc) is 3.45. The van der Waals surface area contributed by atoms with E-state index in [2.05, 4.69) is 47.9 Å². The summed E-state index contributed by atoms with van der Waals surface area (Å²) in [4.78, 5) is 44.4. The minimum absolute atomic E-state index is 0.315. The highest BCUT2D eigenvalue weighted by Gasteiger charge is 2.28. The molecule has 6 rings (SSSR count). The molecule has 1 heterocycles. The van der Waals surface area contributed by atoms with Crippen LogP contribution in [0.3, 0.4) is 0 Å². The number of rotatable bonds is 8. The van der Waals surface area contributed by atoms with Crippen LogP contribution in [0.1, 0.15) is 60.6 Å². The number of amides is 2. The Morgan fingerprint density at radius 1 is 0.822 bits per heavy atom. The summed E-state index contributed by atoms with van der Waals surface area (Å²) in [6.07, 6.45) is 3.51. The molecule has 0 radical (unpaired) electrons. The molecule has 4 aromatic carbocycles. The summed E-state index contributed by atoms with van der Waals surface area (Å²) in [5, 5.41) is 6.32. The molecular weight excluding hydrogens is 562 g/mol. The smallest absolute Gasteiger partial charge is 0.339 e. The number of hydrogen-bond acceptors (Lipinski definition) is 5. The predicted molar refractivity (Wildman–Crippen MR) is 177 cm³/mol. The normalized spacial score (nSPS) is 13.0. The van der Waals surface area contributed by atoms with Gasteiger partial charge in [-0.05, 0) is 73.2 Å². The minimum Gasteiger partial charge on any atom is -0.452 e. The number of esters is 1. The highest BCUT2D eigenvalue weighted by Crippen LogP contribution is 2.37. The van der Waals surface area contributed by atoms with Gasteiger partial charge in [0, 0.05) is 11.9 Å². The summed E-state index contributed by atoms with van der Waals surface area (Å²) < 4.78 is 5.58. The van der Waals surface area contributed by atoms with E-state index in [4.69, 9.17) is 9.72 Å². The molecule has 1 aliphatic rings. The molecule has 5 aromatic rings. The Labute approximate surface area is 262 Å². The number of para-hydroxylation sites is 2. The zero-order valence-corrected chi connectivity index (χ0v) is 25.2. The second kappa shape index (κ2) is 13.0. The first-order chi connectivity index (χ1) is 21.9. The summed E-state index contributed by atoms with van der Waals surface area (Å²) >= 11 is 0. The van der Waals surface area contributed by atoms with E-state index in [9.17, 15) is 14.4 Å². The van der Waals surface area contributed by atoms with Crippen molar-refractivity contribution in [1.29, 1.82) is 0 Å². The van der Waals surface area contributed by atoms with E-state index in [1.807, 2.05) is 55.5 Å². The summed E-state index contributed by atoms with van der Waals surface area (Å²) in [6.45, 7) is 3.91. The Morgan fingerprint density at radius 3 is 2.29 bits per heavy atom. The molecule has 0 fully saturated rings. The minimum atomic E-state index is -0.583. The van der Waals surface area contributed by atoms with Crippen LogP contribution in [0.5, 0.6) is 0 Å². The van der Waals surface area contributed by atoms with Crippen LogP contribution in [-0.4, -0.2) is 29.4 Å². The van der Waals surface area contributed by atoms with Crippen LogP contribution >= 0.6 is 0 Å². The van der Waals surface area contributed by atoms with Gasteiger partial charge in [0.05, 0.1) is 28.0 Å². The third-order valence-electron chi connectivity index (χ3n) is 7.92. The zero-order chi connectivity index (χ0) is 31.3. The molecule has 2 amide bonds. The number of hydrogen-bond donors (Lipinski definition) is 2. The molecule has 0 atom stereocenters. The highest BCUT2D eigenvalue weighted by atomic mass is 16.5. The molecule has 45 heavy (non-hydrogen) atoms. The maximum atomic E-state index is 13.6. The molecule has 0 saturated heterocycles. The molecule has 1 aromatic heterocycles. The lowest BCUT2D eigenvalue weighted by Crippen LogP contribution is -2.26. The van der Waals surface area contributed by atoms with E-state index in [1.165, 1.54) is 5.56 Å². The predicted octanol–water partition coefficient (Wildman–Crippen LogP) is 7.06. The number of fused-ring (bicyclic) bond motifs is 2. The highest BCUT2D eigenvalue weighted by molar-refractivity contribution is 6.08. The van der Waals surface area contributed by atoms with Gasteiger partial charge in [0.1, 0.15) is 0 Å². The molecule has 2 N–H and O–H groups in total. The van der Waals surface area contributed by atoms with Gasteiger partial charge in [0.25, 0.3) is 11.8 Å². The number of benzene rings is 4. The molecule has 0 unspecified atom stereocenters. The van der Waals surface area contributed by atoms with Crippen LogP contribution in [-0.2, 0) is 22.5 Å². The van der Waals surface area contributed by atoms with Crippen molar-refractivity contribution in [3.63, 3.8) is 0 Å². The summed E-state index contributed by atoms with van der Waals surface area (Å²) in [5.74, 6) is -1.45. The fourth-order valence-corrected chi connectivity index (χ4v) is 5.54. The number of aryl methyl sites for hydroxylation is 2. The second-order valence-corrected chi connectivity index (χ2v) is 11.2. The lowest BCUT2D eigenvalue weighted by molar-refractivity contribution is -0.119. The number of ether oxygens (including phenoxy) is 1. The summed E-state index contributed by atoms with van der Waals surface area (Å²) in [7, 11) is 0. The number of aromatic nitrogens is 1. The molecule has 224 valence electrons. The molecular formula is C38H33N3O4. The van der Waals surface area contributed by atoms with Gasteiger partial charge in [0.15, 0.2) is 6.61 Å².